The van der Waals surface area contributed by atoms with E-state index in [4.69, 9.17) is 16.3 Å². The number of carbonyl (C=O) groups is 2. The maximum absolute atomic E-state index is 12.7. The van der Waals surface area contributed by atoms with E-state index in [0.717, 1.165) is 0 Å². The summed E-state index contributed by atoms with van der Waals surface area (Å²) >= 11 is 9.43. The number of benzene rings is 1. The van der Waals surface area contributed by atoms with E-state index in [1.807, 2.05) is 27.7 Å². The monoisotopic (exact) mass is 416 g/mol. The average Bonchev–Trinajstić information content (AvgIpc) is 2.47. The van der Waals surface area contributed by atoms with Gasteiger partial charge >= 0.3 is 6.09 Å². The van der Waals surface area contributed by atoms with Crippen LogP contribution in [-0.2, 0) is 4.74 Å². The zero-order valence-corrected chi connectivity index (χ0v) is 16.6. The van der Waals surface area contributed by atoms with Crippen LogP contribution in [0.1, 0.15) is 38.1 Å². The number of carbonyl (C=O) groups excluding carboxylic acids is 2. The van der Waals surface area contributed by atoms with Gasteiger partial charge in [0.25, 0.3) is 5.91 Å². The van der Waals surface area contributed by atoms with Crippen LogP contribution in [0.3, 0.4) is 0 Å². The van der Waals surface area contributed by atoms with E-state index in [1.165, 1.54) is 0 Å². The molecular formula is C17H22BrClN2O3. The van der Waals surface area contributed by atoms with E-state index in [0.29, 0.717) is 34.7 Å². The first-order valence-corrected chi connectivity index (χ1v) is 9.00. The zero-order valence-electron chi connectivity index (χ0n) is 14.3. The fourth-order valence-corrected chi connectivity index (χ4v) is 3.18. The molecule has 132 valence electrons. The van der Waals surface area contributed by atoms with Gasteiger partial charge in [-0.2, -0.15) is 0 Å². The number of rotatable bonds is 1. The van der Waals surface area contributed by atoms with Gasteiger partial charge in [-0.15, -0.1) is 0 Å². The van der Waals surface area contributed by atoms with Crippen LogP contribution in [0.15, 0.2) is 22.7 Å². The maximum atomic E-state index is 12.7. The molecule has 1 saturated heterocycles. The lowest BCUT2D eigenvalue weighted by Crippen LogP contribution is -2.56. The SMILES string of the molecule is C[C@H]1CN(C(=O)c2cccc(Cl)c2Br)CCN1C(=O)OC(C)(C)C. The molecule has 0 N–H and O–H groups in total. The van der Waals surface area contributed by atoms with Crippen molar-refractivity contribution in [3.05, 3.63) is 33.3 Å². The predicted molar refractivity (Wildman–Crippen MR) is 97.5 cm³/mol. The fraction of sp³-hybridized carbons (Fsp3) is 0.529. The minimum Gasteiger partial charge on any atom is -0.444 e. The zero-order chi connectivity index (χ0) is 18.1. The second-order valence-electron chi connectivity index (χ2n) is 6.88. The topological polar surface area (TPSA) is 49.9 Å². The molecule has 0 saturated carbocycles. The number of piperazine rings is 1. The van der Waals surface area contributed by atoms with Gasteiger partial charge in [0.1, 0.15) is 5.60 Å². The highest BCUT2D eigenvalue weighted by atomic mass is 79.9. The first kappa shape index (κ1) is 19.1. The molecule has 1 aromatic rings. The summed E-state index contributed by atoms with van der Waals surface area (Å²) < 4.78 is 6.02. The molecule has 2 amide bonds. The van der Waals surface area contributed by atoms with E-state index in [1.54, 1.807) is 28.0 Å². The Bertz CT molecular complexity index is 645. The highest BCUT2D eigenvalue weighted by Gasteiger charge is 2.33. The van der Waals surface area contributed by atoms with Gasteiger partial charge in [0.05, 0.1) is 10.6 Å². The molecule has 1 aromatic carbocycles. The van der Waals surface area contributed by atoms with Crippen LogP contribution in [0.4, 0.5) is 4.79 Å². The molecule has 5 nitrogen and oxygen atoms in total. The Balaban J connectivity index is 2.06. The van der Waals surface area contributed by atoms with Crippen LogP contribution in [-0.4, -0.2) is 53.1 Å². The first-order valence-electron chi connectivity index (χ1n) is 7.83. The molecule has 0 aromatic heterocycles. The van der Waals surface area contributed by atoms with E-state index < -0.39 is 5.60 Å². The van der Waals surface area contributed by atoms with Gasteiger partial charge in [-0.1, -0.05) is 17.7 Å². The maximum Gasteiger partial charge on any atom is 0.410 e. The predicted octanol–water partition coefficient (Wildman–Crippen LogP) is 4.18. The number of halogens is 2. The largest absolute Gasteiger partial charge is 0.444 e. The third-order valence-electron chi connectivity index (χ3n) is 3.72. The fourth-order valence-electron chi connectivity index (χ4n) is 2.57. The van der Waals surface area contributed by atoms with Gasteiger partial charge in [-0.25, -0.2) is 4.79 Å². The quantitative estimate of drug-likeness (QED) is 0.688. The summed E-state index contributed by atoms with van der Waals surface area (Å²) in [7, 11) is 0. The lowest BCUT2D eigenvalue weighted by atomic mass is 10.1. The summed E-state index contributed by atoms with van der Waals surface area (Å²) in [6.45, 7) is 8.79. The van der Waals surface area contributed by atoms with E-state index in [2.05, 4.69) is 15.9 Å². The Hall–Kier alpha value is -1.27. The molecule has 1 heterocycles. The molecule has 0 aliphatic carbocycles. The molecule has 24 heavy (non-hydrogen) atoms. The number of nitrogens with zero attached hydrogens (tertiary/aromatic N) is 2. The van der Waals surface area contributed by atoms with Gasteiger partial charge in [0.2, 0.25) is 0 Å². The summed E-state index contributed by atoms with van der Waals surface area (Å²) in [6.07, 6.45) is -0.342. The van der Waals surface area contributed by atoms with Crippen molar-refractivity contribution in [1.29, 1.82) is 0 Å². The Labute approximate surface area is 156 Å². The Morgan fingerprint density at radius 3 is 2.54 bits per heavy atom. The summed E-state index contributed by atoms with van der Waals surface area (Å²) in [5, 5.41) is 0.501. The van der Waals surface area contributed by atoms with Crippen molar-refractivity contribution in [2.24, 2.45) is 0 Å². The summed E-state index contributed by atoms with van der Waals surface area (Å²) in [6, 6.07) is 5.10. The molecule has 0 bridgehead atoms. The van der Waals surface area contributed by atoms with Crippen molar-refractivity contribution in [1.82, 2.24) is 9.80 Å². The van der Waals surface area contributed by atoms with E-state index in [9.17, 15) is 9.59 Å². The lowest BCUT2D eigenvalue weighted by Gasteiger charge is -2.40. The minimum absolute atomic E-state index is 0.0972. The Morgan fingerprint density at radius 1 is 1.29 bits per heavy atom. The third-order valence-corrected chi connectivity index (χ3v) is 5.12. The van der Waals surface area contributed by atoms with Crippen LogP contribution in [0.25, 0.3) is 0 Å². The smallest absolute Gasteiger partial charge is 0.410 e. The minimum atomic E-state index is -0.532. The van der Waals surface area contributed by atoms with Crippen LogP contribution in [0.2, 0.25) is 5.02 Å². The van der Waals surface area contributed by atoms with Crippen molar-refractivity contribution in [2.75, 3.05) is 19.6 Å². The standard InChI is InChI=1S/C17H22BrClN2O3/c1-11-10-20(8-9-21(11)16(23)24-17(2,3)4)15(22)12-6-5-7-13(19)14(12)18/h5-7,11H,8-10H2,1-4H3/t11-/m0/s1. The van der Waals surface area contributed by atoms with Crippen molar-refractivity contribution in [3.8, 4) is 0 Å². The number of hydrogen-bond donors (Lipinski definition) is 0. The van der Waals surface area contributed by atoms with Gasteiger partial charge in [-0.3, -0.25) is 4.79 Å². The van der Waals surface area contributed by atoms with Crippen molar-refractivity contribution < 1.29 is 14.3 Å². The number of hydrogen-bond acceptors (Lipinski definition) is 3. The summed E-state index contributed by atoms with van der Waals surface area (Å²) in [5.74, 6) is -0.0972. The first-order chi connectivity index (χ1) is 11.1. The molecule has 1 atom stereocenters. The van der Waals surface area contributed by atoms with Crippen LogP contribution in [0.5, 0.6) is 0 Å². The molecule has 2 rings (SSSR count). The highest BCUT2D eigenvalue weighted by molar-refractivity contribution is 9.10. The molecule has 0 radical (unpaired) electrons. The molecule has 1 aliphatic heterocycles. The second kappa shape index (κ2) is 7.31. The van der Waals surface area contributed by atoms with E-state index in [-0.39, 0.29) is 18.0 Å². The van der Waals surface area contributed by atoms with Crippen LogP contribution in [0, 0.1) is 0 Å². The van der Waals surface area contributed by atoms with Crippen molar-refractivity contribution in [3.63, 3.8) is 0 Å². The molecular weight excluding hydrogens is 396 g/mol. The highest BCUT2D eigenvalue weighted by Crippen LogP contribution is 2.28. The Morgan fingerprint density at radius 2 is 1.96 bits per heavy atom. The van der Waals surface area contributed by atoms with E-state index >= 15 is 0 Å². The molecule has 1 aliphatic rings. The number of amides is 2. The lowest BCUT2D eigenvalue weighted by molar-refractivity contribution is 0.00197. The van der Waals surface area contributed by atoms with Crippen molar-refractivity contribution in [2.45, 2.75) is 39.3 Å². The van der Waals surface area contributed by atoms with Gasteiger partial charge in [0, 0.05) is 30.1 Å². The summed E-state index contributed by atoms with van der Waals surface area (Å²) in [5.41, 5.74) is -0.00417. The van der Waals surface area contributed by atoms with Crippen LogP contribution >= 0.6 is 27.5 Å². The van der Waals surface area contributed by atoms with Gasteiger partial charge < -0.3 is 14.5 Å². The summed E-state index contributed by atoms with van der Waals surface area (Å²) in [4.78, 5) is 28.4. The third kappa shape index (κ3) is 4.42. The Kier molecular flexibility index (Phi) is 5.81. The normalized spacial score (nSPS) is 18.5. The van der Waals surface area contributed by atoms with Gasteiger partial charge in [0.15, 0.2) is 0 Å². The van der Waals surface area contributed by atoms with Gasteiger partial charge in [-0.05, 0) is 55.8 Å². The molecule has 7 heteroatoms. The molecule has 0 spiro atoms. The number of ether oxygens (including phenoxy) is 1. The molecule has 1 fully saturated rings. The van der Waals surface area contributed by atoms with Crippen molar-refractivity contribution >= 4 is 39.5 Å². The van der Waals surface area contributed by atoms with Crippen LogP contribution < -0.4 is 0 Å². The molecule has 0 unspecified atom stereocenters. The second-order valence-corrected chi connectivity index (χ2v) is 8.08. The average molecular weight is 418 g/mol.